The van der Waals surface area contributed by atoms with E-state index in [9.17, 15) is 21.2 Å². The third-order valence-electron chi connectivity index (χ3n) is 6.44. The summed E-state index contributed by atoms with van der Waals surface area (Å²) in [5.41, 5.74) is 2.24. The lowest BCUT2D eigenvalue weighted by atomic mass is 9.91. The van der Waals surface area contributed by atoms with Crippen LogP contribution in [0.2, 0.25) is 10.0 Å². The largest absolute Gasteiger partial charge is 0.382 e. The zero-order valence-corrected chi connectivity index (χ0v) is 25.1. The van der Waals surface area contributed by atoms with E-state index in [1.165, 1.54) is 12.1 Å². The van der Waals surface area contributed by atoms with Gasteiger partial charge in [0.1, 0.15) is 11.6 Å². The van der Waals surface area contributed by atoms with Crippen molar-refractivity contribution in [3.63, 3.8) is 0 Å². The molecule has 40 heavy (non-hydrogen) atoms. The summed E-state index contributed by atoms with van der Waals surface area (Å²) in [6, 6.07) is 14.7. The molecule has 214 valence electrons. The highest BCUT2D eigenvalue weighted by atomic mass is 35.5. The number of hydrazone groups is 1. The lowest BCUT2D eigenvalue weighted by Gasteiger charge is -2.28. The molecule has 0 bridgehead atoms. The quantitative estimate of drug-likeness (QED) is 0.273. The molecule has 13 heteroatoms. The Morgan fingerprint density at radius 1 is 1.02 bits per heavy atom. The number of anilines is 1. The van der Waals surface area contributed by atoms with Gasteiger partial charge in [0.2, 0.25) is 10.0 Å². The number of nitrogens with zero attached hydrogens (tertiary/aromatic N) is 2. The minimum Gasteiger partial charge on any atom is -0.382 e. The van der Waals surface area contributed by atoms with Crippen LogP contribution < -0.4 is 13.9 Å². The number of aryl methyl sites for hydroxylation is 1. The van der Waals surface area contributed by atoms with E-state index in [4.69, 9.17) is 32.5 Å². The molecule has 8 nitrogen and oxygen atoms in total. The van der Waals surface area contributed by atoms with Crippen molar-refractivity contribution in [2.75, 3.05) is 17.3 Å². The lowest BCUT2D eigenvalue weighted by molar-refractivity contribution is 0.484. The fourth-order valence-corrected chi connectivity index (χ4v) is 7.19. The van der Waals surface area contributed by atoms with Crippen molar-refractivity contribution in [2.24, 2.45) is 11.0 Å². The molecule has 0 spiro atoms. The summed E-state index contributed by atoms with van der Waals surface area (Å²) >= 11 is 12.6. The Morgan fingerprint density at radius 3 is 2.38 bits per heavy atom. The monoisotopic (exact) mass is 627 g/mol. The Morgan fingerprint density at radius 2 is 1.73 bits per heavy atom. The van der Waals surface area contributed by atoms with Gasteiger partial charge in [-0.15, -0.1) is 0 Å². The number of halogens is 3. The molecule has 0 saturated carbocycles. The summed E-state index contributed by atoms with van der Waals surface area (Å²) < 4.78 is 71.7. The second-order valence-electron chi connectivity index (χ2n) is 9.41. The van der Waals surface area contributed by atoms with Crippen LogP contribution >= 0.6 is 23.2 Å². The Kier molecular flexibility index (Phi) is 9.11. The molecule has 0 aromatic heterocycles. The summed E-state index contributed by atoms with van der Waals surface area (Å²) in [5.74, 6) is -0.882. The van der Waals surface area contributed by atoms with Gasteiger partial charge in [0.15, 0.2) is 0 Å². The molecule has 1 aliphatic heterocycles. The Balaban J connectivity index is 1.65. The van der Waals surface area contributed by atoms with E-state index in [0.717, 1.165) is 11.6 Å². The van der Waals surface area contributed by atoms with Crippen LogP contribution in [-0.4, -0.2) is 34.8 Å². The van der Waals surface area contributed by atoms with E-state index in [0.29, 0.717) is 33.4 Å². The third-order valence-corrected chi connectivity index (χ3v) is 9.87. The van der Waals surface area contributed by atoms with Gasteiger partial charge in [0.05, 0.1) is 39.7 Å². The summed E-state index contributed by atoms with van der Waals surface area (Å²) in [5, 5.41) is 7.19. The van der Waals surface area contributed by atoms with Gasteiger partial charge in [-0.05, 0) is 66.9 Å². The van der Waals surface area contributed by atoms with Crippen molar-refractivity contribution in [3.05, 3.63) is 87.7 Å². The fraction of sp³-hybridized carbons (Fsp3) is 0.296. The number of hydrogen-bond donors (Lipinski definition) is 1. The molecule has 2 atom stereocenters. The van der Waals surface area contributed by atoms with Crippen molar-refractivity contribution in [2.45, 2.75) is 38.1 Å². The Bertz CT molecular complexity index is 1650. The lowest BCUT2D eigenvalue weighted by Crippen LogP contribution is -2.32. The van der Waals surface area contributed by atoms with Gasteiger partial charge in [0.25, 0.3) is 0 Å². The predicted molar refractivity (Wildman–Crippen MR) is 156 cm³/mol. The molecule has 3 aromatic rings. The molecule has 1 heterocycles. The maximum atomic E-state index is 13.8. The summed E-state index contributed by atoms with van der Waals surface area (Å²) in [4.78, 5) is -0.151. The number of benzene rings is 3. The van der Waals surface area contributed by atoms with Crippen molar-refractivity contribution >= 4 is 54.7 Å². The average Bonchev–Trinajstić information content (AvgIpc) is 3.20. The molecule has 0 radical (unpaired) electrons. The van der Waals surface area contributed by atoms with E-state index in [2.05, 4.69) is 4.72 Å². The van der Waals surface area contributed by atoms with Crippen molar-refractivity contribution in [1.29, 1.82) is 0 Å². The Labute approximate surface area is 243 Å². The van der Waals surface area contributed by atoms with Gasteiger partial charge in [-0.3, -0.25) is 5.01 Å². The fourth-order valence-electron chi connectivity index (χ4n) is 4.45. The molecular weight excluding hydrogens is 600 g/mol. The molecule has 0 fully saturated rings. The summed E-state index contributed by atoms with van der Waals surface area (Å²) in [6.07, 6.45) is 0.430. The van der Waals surface area contributed by atoms with Crippen LogP contribution in [0.4, 0.5) is 10.1 Å². The van der Waals surface area contributed by atoms with Crippen LogP contribution in [0.5, 0.6) is 5.75 Å². The number of nitrogens with one attached hydrogen (secondary N) is 1. The summed E-state index contributed by atoms with van der Waals surface area (Å²) in [6.45, 7) is 5.10. The molecule has 0 saturated heterocycles. The highest BCUT2D eigenvalue weighted by Crippen LogP contribution is 2.42. The molecule has 1 N–H and O–H groups in total. The normalized spacial score (nSPS) is 17.6. The number of sulfonamides is 1. The zero-order valence-electron chi connectivity index (χ0n) is 21.9. The van der Waals surface area contributed by atoms with Crippen molar-refractivity contribution < 1.29 is 25.4 Å². The maximum Gasteiger partial charge on any atom is 0.309 e. The van der Waals surface area contributed by atoms with Gasteiger partial charge in [-0.1, -0.05) is 55.2 Å². The third kappa shape index (κ3) is 6.77. The molecule has 3 aromatic carbocycles. The van der Waals surface area contributed by atoms with Gasteiger partial charge >= 0.3 is 10.1 Å². The van der Waals surface area contributed by atoms with E-state index >= 15 is 0 Å². The molecule has 4 rings (SSSR count). The van der Waals surface area contributed by atoms with E-state index in [1.54, 1.807) is 61.3 Å². The minimum atomic E-state index is -4.04. The van der Waals surface area contributed by atoms with Crippen LogP contribution in [0.25, 0.3) is 0 Å². The highest BCUT2D eigenvalue weighted by molar-refractivity contribution is 7.89. The highest BCUT2D eigenvalue weighted by Gasteiger charge is 2.37. The first-order valence-electron chi connectivity index (χ1n) is 12.4. The first-order chi connectivity index (χ1) is 18.8. The van der Waals surface area contributed by atoms with E-state index in [1.807, 2.05) is 6.92 Å². The van der Waals surface area contributed by atoms with Crippen LogP contribution in [-0.2, 0) is 20.1 Å². The topological polar surface area (TPSA) is 105 Å². The minimum absolute atomic E-state index is 0.0977. The van der Waals surface area contributed by atoms with Crippen LogP contribution in [0.3, 0.4) is 0 Å². The van der Waals surface area contributed by atoms with Crippen LogP contribution in [0.1, 0.15) is 37.4 Å². The average molecular weight is 629 g/mol. The smallest absolute Gasteiger partial charge is 0.309 e. The van der Waals surface area contributed by atoms with Crippen LogP contribution in [0.15, 0.2) is 70.7 Å². The predicted octanol–water partition coefficient (Wildman–Crippen LogP) is 6.09. The van der Waals surface area contributed by atoms with Gasteiger partial charge < -0.3 is 4.18 Å². The van der Waals surface area contributed by atoms with Crippen molar-refractivity contribution in [3.8, 4) is 5.75 Å². The van der Waals surface area contributed by atoms with Gasteiger partial charge in [0, 0.05) is 10.9 Å². The molecular formula is C27H28Cl2FN3O5S2. The number of rotatable bonds is 10. The Hall–Kier alpha value is -2.70. The van der Waals surface area contributed by atoms with Crippen molar-refractivity contribution in [1.82, 2.24) is 4.72 Å². The molecule has 0 aliphatic carbocycles. The molecule has 1 unspecified atom stereocenters. The summed E-state index contributed by atoms with van der Waals surface area (Å²) in [7, 11) is -7.74. The second-order valence-corrected chi connectivity index (χ2v) is 13.7. The van der Waals surface area contributed by atoms with E-state index < -0.39 is 32.0 Å². The standard InChI is InChI=1S/C27H28Cl2FN3O5S2/c1-4-13-39(34,35)38-22-10-6-19(7-11-22)27-18(3)24(32-33(27)25-12-8-20(28)14-23(25)29)16-31-40(36,37)26-15-21(30)9-5-17(26)2/h5-12,14-15,18,27,31H,4,13,16H2,1-3H3/t18-,27?/m1/s1. The first kappa shape index (κ1) is 30.3. The van der Waals surface area contributed by atoms with E-state index in [-0.39, 0.29) is 28.9 Å². The van der Waals surface area contributed by atoms with Gasteiger partial charge in [-0.2, -0.15) is 13.5 Å². The first-order valence-corrected chi connectivity index (χ1v) is 16.2. The molecule has 1 aliphatic rings. The second kappa shape index (κ2) is 12.0. The zero-order chi connectivity index (χ0) is 29.2. The van der Waals surface area contributed by atoms with Crippen LogP contribution in [0, 0.1) is 18.7 Å². The maximum absolute atomic E-state index is 13.8. The van der Waals surface area contributed by atoms with Gasteiger partial charge in [-0.25, -0.2) is 17.5 Å². The molecule has 0 amide bonds. The SMILES string of the molecule is CCCS(=O)(=O)Oc1ccc(C2[C@H](C)C(CNS(=O)(=O)c3cc(F)ccc3C)=NN2c2ccc(Cl)cc2Cl)cc1. The number of hydrogen-bond acceptors (Lipinski definition) is 7.